The van der Waals surface area contributed by atoms with Gasteiger partial charge in [0.1, 0.15) is 11.5 Å². The number of anilines is 2. The summed E-state index contributed by atoms with van der Waals surface area (Å²) in [5, 5.41) is 6.13. The van der Waals surface area contributed by atoms with Crippen molar-refractivity contribution in [3.05, 3.63) is 47.9 Å². The predicted molar refractivity (Wildman–Crippen MR) is 93.1 cm³/mol. The fourth-order valence-corrected chi connectivity index (χ4v) is 2.17. The summed E-state index contributed by atoms with van der Waals surface area (Å²) in [4.78, 5) is 20.5. The van der Waals surface area contributed by atoms with Crippen LogP contribution in [0.15, 0.2) is 36.7 Å². The van der Waals surface area contributed by atoms with Crippen molar-refractivity contribution >= 4 is 17.4 Å². The van der Waals surface area contributed by atoms with Crippen molar-refractivity contribution in [3.8, 4) is 0 Å². The Bertz CT molecular complexity index is 672. The number of benzene rings is 1. The highest BCUT2D eigenvalue weighted by Gasteiger charge is 2.16. The number of nitrogens with zero attached hydrogens (tertiary/aromatic N) is 2. The highest BCUT2D eigenvalue weighted by molar-refractivity contribution is 5.92. The number of hydrogen-bond acceptors (Lipinski definition) is 4. The third-order valence-electron chi connectivity index (χ3n) is 3.22. The Morgan fingerprint density at radius 2 is 1.78 bits per heavy atom. The summed E-state index contributed by atoms with van der Waals surface area (Å²) in [7, 11) is 0. The molecule has 0 atom stereocenters. The van der Waals surface area contributed by atoms with Gasteiger partial charge in [0, 0.05) is 11.2 Å². The van der Waals surface area contributed by atoms with Crippen LogP contribution in [-0.2, 0) is 0 Å². The molecule has 1 heterocycles. The summed E-state index contributed by atoms with van der Waals surface area (Å²) in [5.74, 6) is 0.799. The fraction of sp³-hybridized carbons (Fsp3) is 0.389. The lowest BCUT2D eigenvalue weighted by molar-refractivity contribution is 0.0914. The Balaban J connectivity index is 2.13. The van der Waals surface area contributed by atoms with Gasteiger partial charge in [-0.1, -0.05) is 32.0 Å². The number of amides is 1. The Kier molecular flexibility index (Phi) is 4.98. The number of rotatable bonds is 4. The van der Waals surface area contributed by atoms with E-state index in [1.807, 2.05) is 39.0 Å². The lowest BCUT2D eigenvalue weighted by Gasteiger charge is -2.20. The van der Waals surface area contributed by atoms with Crippen LogP contribution in [0.1, 0.15) is 56.6 Å². The molecule has 5 nitrogen and oxygen atoms in total. The molecule has 2 N–H and O–H groups in total. The Labute approximate surface area is 137 Å². The van der Waals surface area contributed by atoms with E-state index in [0.717, 1.165) is 5.69 Å². The van der Waals surface area contributed by atoms with Crippen LogP contribution in [0.4, 0.5) is 11.5 Å². The van der Waals surface area contributed by atoms with Crippen LogP contribution in [0.2, 0.25) is 0 Å². The minimum absolute atomic E-state index is 0.223. The Hall–Kier alpha value is -2.43. The normalized spacial score (nSPS) is 11.4. The molecule has 0 aliphatic carbocycles. The molecule has 0 saturated heterocycles. The zero-order chi connectivity index (χ0) is 17.0. The summed E-state index contributed by atoms with van der Waals surface area (Å²) in [6.07, 6.45) is 3.07. The van der Waals surface area contributed by atoms with Crippen molar-refractivity contribution in [2.24, 2.45) is 0 Å². The molecule has 0 spiro atoms. The van der Waals surface area contributed by atoms with E-state index in [1.54, 1.807) is 6.20 Å². The number of carbonyl (C=O) groups is 1. The molecule has 0 saturated carbocycles. The van der Waals surface area contributed by atoms with Crippen LogP contribution in [0.5, 0.6) is 0 Å². The maximum atomic E-state index is 12.0. The van der Waals surface area contributed by atoms with Crippen molar-refractivity contribution in [2.75, 3.05) is 5.32 Å². The number of hydrogen-bond donors (Lipinski definition) is 2. The van der Waals surface area contributed by atoms with Gasteiger partial charge in [-0.05, 0) is 38.3 Å². The molecule has 1 aromatic carbocycles. The van der Waals surface area contributed by atoms with Crippen molar-refractivity contribution in [2.45, 2.75) is 46.1 Å². The molecule has 5 heteroatoms. The van der Waals surface area contributed by atoms with Crippen molar-refractivity contribution in [1.29, 1.82) is 0 Å². The third kappa shape index (κ3) is 4.77. The Morgan fingerprint density at radius 3 is 2.35 bits per heavy atom. The van der Waals surface area contributed by atoms with Crippen LogP contribution < -0.4 is 10.6 Å². The van der Waals surface area contributed by atoms with Gasteiger partial charge in [-0.3, -0.25) is 4.79 Å². The molecule has 1 amide bonds. The molecule has 0 radical (unpaired) electrons. The molecule has 0 aliphatic rings. The first-order chi connectivity index (χ1) is 10.8. The summed E-state index contributed by atoms with van der Waals surface area (Å²) < 4.78 is 0. The van der Waals surface area contributed by atoms with E-state index in [1.165, 1.54) is 11.8 Å². The highest BCUT2D eigenvalue weighted by Crippen LogP contribution is 2.25. The van der Waals surface area contributed by atoms with Crippen LogP contribution in [0.25, 0.3) is 0 Å². The Morgan fingerprint density at radius 1 is 1.09 bits per heavy atom. The van der Waals surface area contributed by atoms with Crippen LogP contribution in [-0.4, -0.2) is 21.4 Å². The minimum atomic E-state index is -0.300. The van der Waals surface area contributed by atoms with Crippen molar-refractivity contribution in [3.63, 3.8) is 0 Å². The number of para-hydroxylation sites is 1. The highest BCUT2D eigenvalue weighted by atomic mass is 16.2. The largest absolute Gasteiger partial charge is 0.346 e. The zero-order valence-corrected chi connectivity index (χ0v) is 14.3. The van der Waals surface area contributed by atoms with Gasteiger partial charge in [-0.15, -0.1) is 0 Å². The summed E-state index contributed by atoms with van der Waals surface area (Å²) >= 11 is 0. The van der Waals surface area contributed by atoms with Gasteiger partial charge in [-0.2, -0.15) is 0 Å². The topological polar surface area (TPSA) is 66.9 Å². The second kappa shape index (κ2) is 6.77. The predicted octanol–water partition coefficient (Wildman–Crippen LogP) is 3.87. The van der Waals surface area contributed by atoms with Gasteiger partial charge >= 0.3 is 0 Å². The van der Waals surface area contributed by atoms with E-state index < -0.39 is 0 Å². The van der Waals surface area contributed by atoms with E-state index in [0.29, 0.717) is 17.4 Å². The van der Waals surface area contributed by atoms with Crippen molar-refractivity contribution < 1.29 is 4.79 Å². The van der Waals surface area contributed by atoms with E-state index >= 15 is 0 Å². The van der Waals surface area contributed by atoms with E-state index in [-0.39, 0.29) is 11.4 Å². The molecule has 1 aromatic heterocycles. The van der Waals surface area contributed by atoms with Gasteiger partial charge in [0.05, 0.1) is 12.4 Å². The van der Waals surface area contributed by atoms with E-state index in [2.05, 4.69) is 40.5 Å². The molecule has 0 bridgehead atoms. The monoisotopic (exact) mass is 312 g/mol. The fourth-order valence-electron chi connectivity index (χ4n) is 2.17. The molecular formula is C18H24N4O. The molecule has 122 valence electrons. The maximum absolute atomic E-state index is 12.0. The first-order valence-electron chi connectivity index (χ1n) is 7.77. The van der Waals surface area contributed by atoms with Gasteiger partial charge in [0.2, 0.25) is 0 Å². The smallest absolute Gasteiger partial charge is 0.271 e. The summed E-state index contributed by atoms with van der Waals surface area (Å²) in [6.45, 7) is 10.1. The molecule has 23 heavy (non-hydrogen) atoms. The zero-order valence-electron chi connectivity index (χ0n) is 14.3. The van der Waals surface area contributed by atoms with Crippen LogP contribution in [0.3, 0.4) is 0 Å². The average molecular weight is 312 g/mol. The second-order valence-corrected chi connectivity index (χ2v) is 6.86. The maximum Gasteiger partial charge on any atom is 0.271 e. The first kappa shape index (κ1) is 16.9. The molecule has 2 rings (SSSR count). The number of carbonyl (C=O) groups excluding carboxylic acids is 1. The minimum Gasteiger partial charge on any atom is -0.346 e. The van der Waals surface area contributed by atoms with Gasteiger partial charge < -0.3 is 10.6 Å². The molecule has 2 aromatic rings. The van der Waals surface area contributed by atoms with E-state index in [9.17, 15) is 4.79 Å². The quantitative estimate of drug-likeness (QED) is 0.899. The molecule has 0 unspecified atom stereocenters. The first-order valence-corrected chi connectivity index (χ1v) is 7.77. The second-order valence-electron chi connectivity index (χ2n) is 6.86. The van der Waals surface area contributed by atoms with Gasteiger partial charge in [-0.25, -0.2) is 9.97 Å². The lowest BCUT2D eigenvalue weighted by Crippen LogP contribution is -2.40. The SMILES string of the molecule is CC(C)c1ccccc1Nc1cnc(C(=O)NC(C)(C)C)cn1. The lowest BCUT2D eigenvalue weighted by atomic mass is 10.0. The van der Waals surface area contributed by atoms with E-state index in [4.69, 9.17) is 0 Å². The summed E-state index contributed by atoms with van der Waals surface area (Å²) in [6, 6.07) is 8.10. The van der Waals surface area contributed by atoms with Gasteiger partial charge in [0.15, 0.2) is 0 Å². The molecule has 0 fully saturated rings. The van der Waals surface area contributed by atoms with Gasteiger partial charge in [0.25, 0.3) is 5.91 Å². The molecule has 0 aliphatic heterocycles. The number of aromatic nitrogens is 2. The third-order valence-corrected chi connectivity index (χ3v) is 3.22. The average Bonchev–Trinajstić information content (AvgIpc) is 2.46. The van der Waals surface area contributed by atoms with Crippen molar-refractivity contribution in [1.82, 2.24) is 15.3 Å². The van der Waals surface area contributed by atoms with Crippen LogP contribution in [0, 0.1) is 0 Å². The summed E-state index contributed by atoms with van der Waals surface area (Å²) in [5.41, 5.74) is 2.22. The number of nitrogens with one attached hydrogen (secondary N) is 2. The standard InChI is InChI=1S/C18H24N4O/c1-12(2)13-8-6-7-9-14(13)21-16-11-19-15(10-20-16)17(23)22-18(3,4)5/h6-12H,1-5H3,(H,20,21)(H,22,23). The van der Waals surface area contributed by atoms with Crippen LogP contribution >= 0.6 is 0 Å². The molecular weight excluding hydrogens is 288 g/mol.